The van der Waals surface area contributed by atoms with E-state index in [0.29, 0.717) is 6.07 Å². The molecule has 0 aliphatic carbocycles. The van der Waals surface area contributed by atoms with Gasteiger partial charge in [0.05, 0.1) is 15.4 Å². The number of rotatable bonds is 2. The third-order valence-electron chi connectivity index (χ3n) is 1.81. The molecule has 0 unspecified atom stereocenters. The Hall–Kier alpha value is -0.430. The molecule has 1 aromatic rings. The van der Waals surface area contributed by atoms with Crippen molar-refractivity contribution in [3.05, 3.63) is 33.5 Å². The monoisotopic (exact) mass is 362 g/mol. The van der Waals surface area contributed by atoms with Crippen molar-refractivity contribution in [2.75, 3.05) is 5.33 Å². The minimum Gasteiger partial charge on any atom is -0.293 e. The summed E-state index contributed by atoms with van der Waals surface area (Å²) < 4.78 is 49.7. The molecule has 1 nitrogen and oxygen atoms in total. The van der Waals surface area contributed by atoms with Gasteiger partial charge in [-0.15, -0.1) is 0 Å². The van der Waals surface area contributed by atoms with E-state index in [1.54, 1.807) is 0 Å². The number of carbonyl (C=O) groups is 1. The molecule has 1 rings (SSSR count). The molecule has 1 aromatic carbocycles. The zero-order valence-corrected chi connectivity index (χ0v) is 10.7. The first-order valence-electron chi connectivity index (χ1n) is 3.93. The number of ketones is 1. The molecule has 0 radical (unpaired) electrons. The fraction of sp³-hybridized carbons (Fsp3) is 0.222. The molecule has 0 saturated heterocycles. The molecule has 0 aromatic heterocycles. The zero-order valence-electron chi connectivity index (χ0n) is 7.54. The predicted molar refractivity (Wildman–Crippen MR) is 57.2 cm³/mol. The van der Waals surface area contributed by atoms with E-state index < -0.39 is 27.8 Å². The van der Waals surface area contributed by atoms with Crippen LogP contribution in [0.1, 0.15) is 15.9 Å². The van der Waals surface area contributed by atoms with Gasteiger partial charge in [-0.3, -0.25) is 4.79 Å². The largest absolute Gasteiger partial charge is 0.419 e. The number of hydrogen-bond donors (Lipinski definition) is 0. The maximum Gasteiger partial charge on any atom is 0.419 e. The molecular weight excluding hydrogens is 360 g/mol. The fourth-order valence-electron chi connectivity index (χ4n) is 1.06. The Morgan fingerprint density at radius 1 is 1.31 bits per heavy atom. The fourth-order valence-corrected chi connectivity index (χ4v) is 1.92. The zero-order chi connectivity index (χ0) is 12.5. The van der Waals surface area contributed by atoms with Crippen LogP contribution < -0.4 is 0 Å². The van der Waals surface area contributed by atoms with Crippen LogP contribution in [-0.4, -0.2) is 11.1 Å². The highest BCUT2D eigenvalue weighted by atomic mass is 79.9. The van der Waals surface area contributed by atoms with Gasteiger partial charge in [-0.25, -0.2) is 4.39 Å². The number of Topliss-reactive ketones (excluding diaryl/α,β-unsaturated/α-hetero) is 1. The van der Waals surface area contributed by atoms with Crippen molar-refractivity contribution < 1.29 is 22.4 Å². The van der Waals surface area contributed by atoms with Crippen LogP contribution >= 0.6 is 31.9 Å². The molecule has 0 aliphatic rings. The smallest absolute Gasteiger partial charge is 0.293 e. The molecule has 0 N–H and O–H groups in total. The maximum atomic E-state index is 13.3. The van der Waals surface area contributed by atoms with Gasteiger partial charge in [-0.05, 0) is 28.1 Å². The van der Waals surface area contributed by atoms with Crippen LogP contribution in [-0.2, 0) is 6.18 Å². The second-order valence-electron chi connectivity index (χ2n) is 2.84. The van der Waals surface area contributed by atoms with Crippen LogP contribution in [0, 0.1) is 5.82 Å². The number of benzene rings is 1. The first-order valence-corrected chi connectivity index (χ1v) is 5.85. The summed E-state index contributed by atoms with van der Waals surface area (Å²) in [5.41, 5.74) is -1.52. The summed E-state index contributed by atoms with van der Waals surface area (Å²) in [6.07, 6.45) is -4.78. The van der Waals surface area contributed by atoms with Gasteiger partial charge in [0.15, 0.2) is 5.78 Å². The Labute approximate surface area is 105 Å². The minimum absolute atomic E-state index is 0.0869. The summed E-state index contributed by atoms with van der Waals surface area (Å²) >= 11 is 5.50. The van der Waals surface area contributed by atoms with Crippen LogP contribution in [0.3, 0.4) is 0 Å². The number of carbonyl (C=O) groups excluding carboxylic acids is 1. The van der Waals surface area contributed by atoms with Gasteiger partial charge in [0.1, 0.15) is 5.82 Å². The van der Waals surface area contributed by atoms with Gasteiger partial charge in [-0.1, -0.05) is 15.9 Å². The van der Waals surface area contributed by atoms with E-state index >= 15 is 0 Å². The topological polar surface area (TPSA) is 17.1 Å². The summed E-state index contributed by atoms with van der Waals surface area (Å²) in [5.74, 6) is -1.97. The molecule has 0 amide bonds. The SMILES string of the molecule is O=C(CBr)c1ccc(C(F)(F)F)c(F)c1Br. The molecule has 7 heteroatoms. The third kappa shape index (κ3) is 2.63. The van der Waals surface area contributed by atoms with Crippen molar-refractivity contribution in [1.29, 1.82) is 0 Å². The van der Waals surface area contributed by atoms with Crippen molar-refractivity contribution in [3.8, 4) is 0 Å². The predicted octanol–water partition coefficient (Wildman–Crippen LogP) is 4.18. The van der Waals surface area contributed by atoms with Gasteiger partial charge in [0.25, 0.3) is 0 Å². The van der Waals surface area contributed by atoms with Gasteiger partial charge in [-0.2, -0.15) is 13.2 Å². The molecule has 0 aliphatic heterocycles. The molecule has 0 saturated carbocycles. The standard InChI is InChI=1S/C9H4Br2F4O/c10-3-6(16)4-1-2-5(9(13,14)15)8(12)7(4)11/h1-2H,3H2. The Morgan fingerprint density at radius 2 is 1.88 bits per heavy atom. The summed E-state index contributed by atoms with van der Waals surface area (Å²) in [6.45, 7) is 0. The van der Waals surface area contributed by atoms with Crippen molar-refractivity contribution in [2.24, 2.45) is 0 Å². The van der Waals surface area contributed by atoms with E-state index in [0.717, 1.165) is 6.07 Å². The molecule has 88 valence electrons. The highest BCUT2D eigenvalue weighted by Crippen LogP contribution is 2.35. The van der Waals surface area contributed by atoms with Gasteiger partial charge in [0, 0.05) is 5.56 Å². The van der Waals surface area contributed by atoms with Crippen LogP contribution in [0.5, 0.6) is 0 Å². The molecule has 0 spiro atoms. The highest BCUT2D eigenvalue weighted by Gasteiger charge is 2.35. The maximum absolute atomic E-state index is 13.3. The average Bonchev–Trinajstić information content (AvgIpc) is 2.19. The van der Waals surface area contributed by atoms with Crippen molar-refractivity contribution >= 4 is 37.6 Å². The first-order chi connectivity index (χ1) is 7.29. The Kier molecular flexibility index (Phi) is 4.12. The van der Waals surface area contributed by atoms with E-state index in [4.69, 9.17) is 0 Å². The van der Waals surface area contributed by atoms with E-state index in [-0.39, 0.29) is 10.9 Å². The van der Waals surface area contributed by atoms with E-state index in [9.17, 15) is 22.4 Å². The molecule has 0 atom stereocenters. The van der Waals surface area contributed by atoms with Crippen LogP contribution in [0.15, 0.2) is 16.6 Å². The molecule has 0 heterocycles. The van der Waals surface area contributed by atoms with E-state index in [1.807, 2.05) is 0 Å². The lowest BCUT2D eigenvalue weighted by Gasteiger charge is -2.10. The molecule has 0 bridgehead atoms. The van der Waals surface area contributed by atoms with Crippen molar-refractivity contribution in [1.82, 2.24) is 0 Å². The lowest BCUT2D eigenvalue weighted by atomic mass is 10.1. The molecular formula is C9H4Br2F4O. The summed E-state index contributed by atoms with van der Waals surface area (Å²) in [7, 11) is 0. The van der Waals surface area contributed by atoms with Gasteiger partial charge in [0.2, 0.25) is 0 Å². The normalized spacial score (nSPS) is 11.6. The summed E-state index contributed by atoms with van der Waals surface area (Å²) in [6, 6.07) is 1.50. The lowest BCUT2D eigenvalue weighted by molar-refractivity contribution is -0.140. The van der Waals surface area contributed by atoms with E-state index in [1.165, 1.54) is 0 Å². The van der Waals surface area contributed by atoms with Crippen molar-refractivity contribution in [2.45, 2.75) is 6.18 Å². The molecule has 16 heavy (non-hydrogen) atoms. The van der Waals surface area contributed by atoms with Crippen LogP contribution in [0.25, 0.3) is 0 Å². The second kappa shape index (κ2) is 4.83. The van der Waals surface area contributed by atoms with Crippen molar-refractivity contribution in [3.63, 3.8) is 0 Å². The Morgan fingerprint density at radius 3 is 2.31 bits per heavy atom. The number of hydrogen-bond acceptors (Lipinski definition) is 1. The highest BCUT2D eigenvalue weighted by molar-refractivity contribution is 9.10. The number of alkyl halides is 4. The quantitative estimate of drug-likeness (QED) is 0.437. The van der Waals surface area contributed by atoms with Crippen LogP contribution in [0.4, 0.5) is 17.6 Å². The van der Waals surface area contributed by atoms with Crippen LogP contribution in [0.2, 0.25) is 0 Å². The van der Waals surface area contributed by atoms with Gasteiger partial charge < -0.3 is 0 Å². The number of halogens is 6. The summed E-state index contributed by atoms with van der Waals surface area (Å²) in [5, 5.41) is -0.0869. The first kappa shape index (κ1) is 13.6. The molecule has 0 fully saturated rings. The van der Waals surface area contributed by atoms with E-state index in [2.05, 4.69) is 31.9 Å². The Balaban J connectivity index is 3.35. The Bertz CT molecular complexity index is 428. The lowest BCUT2D eigenvalue weighted by Crippen LogP contribution is -2.11. The average molecular weight is 364 g/mol. The summed E-state index contributed by atoms with van der Waals surface area (Å²) in [4.78, 5) is 11.2. The minimum atomic E-state index is -4.78. The van der Waals surface area contributed by atoms with Gasteiger partial charge >= 0.3 is 6.18 Å². The third-order valence-corrected chi connectivity index (χ3v) is 3.09. The second-order valence-corrected chi connectivity index (χ2v) is 4.20.